The Morgan fingerprint density at radius 3 is 2.54 bits per heavy atom. The van der Waals surface area contributed by atoms with Crippen molar-refractivity contribution in [3.8, 4) is 0 Å². The topological polar surface area (TPSA) is 75.7 Å². The van der Waals surface area contributed by atoms with Gasteiger partial charge in [-0.2, -0.15) is 0 Å². The number of benzene rings is 1. The number of amides is 1. The number of hydrogen-bond donors (Lipinski definition) is 1. The standard InChI is InChI=1S/C17H28N2O4S/c1-13(2)15-8-6-7-14(3)17(15)19(24(5,21)22)11-9-16(20)18-10-12-23-4/h6-8,13H,9-12H2,1-5H3,(H,18,20). The molecule has 0 radical (unpaired) electrons. The lowest BCUT2D eigenvalue weighted by Crippen LogP contribution is -2.36. The maximum atomic E-state index is 12.3. The Bertz CT molecular complexity index is 657. The van der Waals surface area contributed by atoms with E-state index >= 15 is 0 Å². The monoisotopic (exact) mass is 356 g/mol. The van der Waals surface area contributed by atoms with Crippen molar-refractivity contribution >= 4 is 21.6 Å². The van der Waals surface area contributed by atoms with E-state index in [1.165, 1.54) is 10.6 Å². The van der Waals surface area contributed by atoms with Crippen LogP contribution in [0.5, 0.6) is 0 Å². The minimum atomic E-state index is -3.49. The molecule has 0 aliphatic heterocycles. The highest BCUT2D eigenvalue weighted by molar-refractivity contribution is 7.92. The third-order valence-electron chi connectivity index (χ3n) is 3.71. The van der Waals surface area contributed by atoms with Crippen LogP contribution in [0.3, 0.4) is 0 Å². The van der Waals surface area contributed by atoms with Crippen LogP contribution in [0.4, 0.5) is 5.69 Å². The van der Waals surface area contributed by atoms with Crippen LogP contribution in [-0.2, 0) is 19.6 Å². The average molecular weight is 356 g/mol. The molecule has 1 N–H and O–H groups in total. The third kappa shape index (κ3) is 5.79. The van der Waals surface area contributed by atoms with E-state index in [-0.39, 0.29) is 24.8 Å². The first kappa shape index (κ1) is 20.4. The molecule has 0 fully saturated rings. The first-order valence-electron chi connectivity index (χ1n) is 8.01. The Labute approximate surface area is 145 Å². The number of nitrogens with one attached hydrogen (secondary N) is 1. The normalized spacial score (nSPS) is 11.6. The third-order valence-corrected chi connectivity index (χ3v) is 4.88. The first-order valence-corrected chi connectivity index (χ1v) is 9.86. The van der Waals surface area contributed by atoms with Gasteiger partial charge >= 0.3 is 0 Å². The van der Waals surface area contributed by atoms with Crippen molar-refractivity contribution in [2.75, 3.05) is 37.4 Å². The molecule has 0 aliphatic rings. The van der Waals surface area contributed by atoms with E-state index < -0.39 is 10.0 Å². The number of ether oxygens (including phenoxy) is 1. The molecule has 136 valence electrons. The zero-order chi connectivity index (χ0) is 18.3. The highest BCUT2D eigenvalue weighted by Gasteiger charge is 2.23. The molecule has 1 amide bonds. The number of carbonyl (C=O) groups is 1. The molecular weight excluding hydrogens is 328 g/mol. The molecule has 0 unspecified atom stereocenters. The molecule has 24 heavy (non-hydrogen) atoms. The fourth-order valence-corrected chi connectivity index (χ4v) is 3.52. The Balaban J connectivity index is 3.03. The molecular formula is C17H28N2O4S. The van der Waals surface area contributed by atoms with Crippen molar-refractivity contribution in [1.82, 2.24) is 5.32 Å². The lowest BCUT2D eigenvalue weighted by Gasteiger charge is -2.28. The van der Waals surface area contributed by atoms with Crippen LogP contribution >= 0.6 is 0 Å². The van der Waals surface area contributed by atoms with Crippen molar-refractivity contribution < 1.29 is 17.9 Å². The van der Waals surface area contributed by atoms with Gasteiger partial charge in [-0.25, -0.2) is 8.42 Å². The van der Waals surface area contributed by atoms with Crippen LogP contribution in [0.25, 0.3) is 0 Å². The molecule has 0 saturated heterocycles. The molecule has 6 nitrogen and oxygen atoms in total. The number of anilines is 1. The summed E-state index contributed by atoms with van der Waals surface area (Å²) in [7, 11) is -1.93. The number of carbonyl (C=O) groups excluding carboxylic acids is 1. The van der Waals surface area contributed by atoms with E-state index in [1.54, 1.807) is 7.11 Å². The van der Waals surface area contributed by atoms with Crippen LogP contribution in [0.1, 0.15) is 37.3 Å². The summed E-state index contributed by atoms with van der Waals surface area (Å²) in [5.41, 5.74) is 2.52. The van der Waals surface area contributed by atoms with E-state index in [9.17, 15) is 13.2 Å². The molecule has 1 aromatic rings. The number of nitrogens with zero attached hydrogens (tertiary/aromatic N) is 1. The second kappa shape index (κ2) is 9.03. The summed E-state index contributed by atoms with van der Waals surface area (Å²) in [6.45, 7) is 6.89. The summed E-state index contributed by atoms with van der Waals surface area (Å²) in [5.74, 6) is -0.0138. The van der Waals surface area contributed by atoms with Gasteiger partial charge in [0, 0.05) is 26.6 Å². The molecule has 0 aliphatic carbocycles. The maximum Gasteiger partial charge on any atom is 0.232 e. The van der Waals surface area contributed by atoms with E-state index in [4.69, 9.17) is 4.74 Å². The van der Waals surface area contributed by atoms with Gasteiger partial charge in [-0.1, -0.05) is 32.0 Å². The smallest absolute Gasteiger partial charge is 0.232 e. The number of sulfonamides is 1. The molecule has 0 heterocycles. The predicted octanol–water partition coefficient (Wildman–Crippen LogP) is 2.04. The second-order valence-corrected chi connectivity index (χ2v) is 8.00. The summed E-state index contributed by atoms with van der Waals surface area (Å²) in [6, 6.07) is 5.74. The van der Waals surface area contributed by atoms with Crippen LogP contribution in [0.2, 0.25) is 0 Å². The number of aryl methyl sites for hydroxylation is 1. The quantitative estimate of drug-likeness (QED) is 0.687. The highest BCUT2D eigenvalue weighted by Crippen LogP contribution is 2.32. The lowest BCUT2D eigenvalue weighted by molar-refractivity contribution is -0.121. The number of hydrogen-bond acceptors (Lipinski definition) is 4. The van der Waals surface area contributed by atoms with Gasteiger partial charge in [0.1, 0.15) is 0 Å². The minimum Gasteiger partial charge on any atom is -0.383 e. The van der Waals surface area contributed by atoms with Gasteiger partial charge in [0.05, 0.1) is 18.6 Å². The number of para-hydroxylation sites is 1. The molecule has 1 rings (SSSR count). The zero-order valence-corrected chi connectivity index (χ0v) is 15.9. The van der Waals surface area contributed by atoms with Gasteiger partial charge < -0.3 is 10.1 Å². The number of rotatable bonds is 9. The van der Waals surface area contributed by atoms with Gasteiger partial charge in [0.2, 0.25) is 15.9 Å². The van der Waals surface area contributed by atoms with Gasteiger partial charge in [-0.3, -0.25) is 9.10 Å². The summed E-state index contributed by atoms with van der Waals surface area (Å²) in [4.78, 5) is 11.9. The van der Waals surface area contributed by atoms with Crippen LogP contribution in [0, 0.1) is 6.92 Å². The molecule has 0 aromatic heterocycles. The van der Waals surface area contributed by atoms with Crippen molar-refractivity contribution in [3.05, 3.63) is 29.3 Å². The minimum absolute atomic E-state index is 0.0999. The molecule has 0 saturated carbocycles. The average Bonchev–Trinajstić information content (AvgIpc) is 2.47. The molecule has 7 heteroatoms. The van der Waals surface area contributed by atoms with Crippen molar-refractivity contribution in [1.29, 1.82) is 0 Å². The van der Waals surface area contributed by atoms with Crippen molar-refractivity contribution in [2.24, 2.45) is 0 Å². The second-order valence-electron chi connectivity index (χ2n) is 6.10. The lowest BCUT2D eigenvalue weighted by atomic mass is 9.98. The fraction of sp³-hybridized carbons (Fsp3) is 0.588. The van der Waals surface area contributed by atoms with Crippen LogP contribution in [-0.4, -0.2) is 47.4 Å². The molecule has 0 spiro atoms. The summed E-state index contributed by atoms with van der Waals surface area (Å²) in [5, 5.41) is 2.71. The Morgan fingerprint density at radius 2 is 2.00 bits per heavy atom. The van der Waals surface area contributed by atoms with E-state index in [1.807, 2.05) is 39.0 Å². The SMILES string of the molecule is COCCNC(=O)CCN(c1c(C)cccc1C(C)C)S(C)(=O)=O. The van der Waals surface area contributed by atoms with Gasteiger partial charge in [-0.15, -0.1) is 0 Å². The van der Waals surface area contributed by atoms with Gasteiger partial charge in [-0.05, 0) is 24.0 Å². The summed E-state index contributed by atoms with van der Waals surface area (Å²) in [6.07, 6.45) is 1.27. The largest absolute Gasteiger partial charge is 0.383 e. The van der Waals surface area contributed by atoms with E-state index in [2.05, 4.69) is 5.32 Å². The Morgan fingerprint density at radius 1 is 1.33 bits per heavy atom. The van der Waals surface area contributed by atoms with Crippen molar-refractivity contribution in [3.63, 3.8) is 0 Å². The first-order chi connectivity index (χ1) is 11.2. The fourth-order valence-electron chi connectivity index (χ4n) is 2.52. The Kier molecular flexibility index (Phi) is 7.69. The maximum absolute atomic E-state index is 12.3. The number of methoxy groups -OCH3 is 1. The summed E-state index contributed by atoms with van der Waals surface area (Å²) >= 11 is 0. The van der Waals surface area contributed by atoms with Gasteiger partial charge in [0.15, 0.2) is 0 Å². The van der Waals surface area contributed by atoms with E-state index in [0.717, 1.165) is 11.1 Å². The molecule has 0 atom stereocenters. The zero-order valence-electron chi connectivity index (χ0n) is 15.1. The predicted molar refractivity (Wildman–Crippen MR) is 97.0 cm³/mol. The Hall–Kier alpha value is -1.60. The van der Waals surface area contributed by atoms with Gasteiger partial charge in [0.25, 0.3) is 0 Å². The van der Waals surface area contributed by atoms with Crippen molar-refractivity contribution in [2.45, 2.75) is 33.1 Å². The molecule has 1 aromatic carbocycles. The van der Waals surface area contributed by atoms with Crippen LogP contribution in [0.15, 0.2) is 18.2 Å². The summed E-state index contributed by atoms with van der Waals surface area (Å²) < 4.78 is 30.8. The highest BCUT2D eigenvalue weighted by atomic mass is 32.2. The molecule has 0 bridgehead atoms. The van der Waals surface area contributed by atoms with Crippen LogP contribution < -0.4 is 9.62 Å². The van der Waals surface area contributed by atoms with E-state index in [0.29, 0.717) is 18.8 Å².